The van der Waals surface area contributed by atoms with Crippen LogP contribution in [0.5, 0.6) is 0 Å². The van der Waals surface area contributed by atoms with Crippen LogP contribution in [0.25, 0.3) is 0 Å². The van der Waals surface area contributed by atoms with Crippen LogP contribution in [0.1, 0.15) is 41.5 Å². The fraction of sp³-hybridized carbons (Fsp3) is 0.778. The molecule has 0 N–H and O–H groups in total. The second-order valence-electron chi connectivity index (χ2n) is 6.46. The van der Waals surface area contributed by atoms with Gasteiger partial charge in [-0.2, -0.15) is 0 Å². The first-order chi connectivity index (χ1) is 14.9. The van der Waals surface area contributed by atoms with Crippen molar-refractivity contribution in [2.75, 3.05) is 19.8 Å². The lowest BCUT2D eigenvalue weighted by Crippen LogP contribution is -2.62. The molecule has 0 spiro atoms. The molecular weight excluding hydrogens is 471 g/mol. The second kappa shape index (κ2) is 13.2. The van der Waals surface area contributed by atoms with E-state index in [1.807, 2.05) is 0 Å². The Labute approximate surface area is 191 Å². The summed E-state index contributed by atoms with van der Waals surface area (Å²) in [6.07, 6.45) is -6.68. The highest BCUT2D eigenvalue weighted by molar-refractivity contribution is 8.07. The van der Waals surface area contributed by atoms with Gasteiger partial charge in [-0.05, 0) is 25.7 Å². The third-order valence-corrected chi connectivity index (χ3v) is 6.26. The topological polar surface area (TPSA) is 142 Å². The van der Waals surface area contributed by atoms with Gasteiger partial charge >= 0.3 is 30.6 Å². The lowest BCUT2D eigenvalue weighted by Gasteiger charge is -2.44. The molecule has 0 radical (unpaired) electrons. The van der Waals surface area contributed by atoms with E-state index in [-0.39, 0.29) is 19.8 Å². The summed E-state index contributed by atoms with van der Waals surface area (Å²) in [5.41, 5.74) is 0. The normalized spacial score (nSPS) is 25.5. The van der Waals surface area contributed by atoms with Crippen molar-refractivity contribution < 1.29 is 56.4 Å². The molecule has 0 saturated carbocycles. The highest BCUT2D eigenvalue weighted by Crippen LogP contribution is 2.52. The molecule has 0 aromatic carbocycles. The standard InChI is InChI=1S/C18H29O12PS/c1-7-24-31(32,25-8-2)30-18-17(28-13(6)22)16(27-12(5)21)15(26-11(4)20)14(29-18)9-23-10(3)19/h14-18H,7-9H2,1-6H3/t14-,15-,16+,17-,18+/m1/s1. The summed E-state index contributed by atoms with van der Waals surface area (Å²) in [5, 5.41) is 0. The van der Waals surface area contributed by atoms with Crippen LogP contribution in [-0.4, -0.2) is 74.4 Å². The van der Waals surface area contributed by atoms with Gasteiger partial charge in [0.1, 0.15) is 12.7 Å². The van der Waals surface area contributed by atoms with E-state index in [2.05, 4.69) is 0 Å². The van der Waals surface area contributed by atoms with Gasteiger partial charge in [-0.1, -0.05) is 0 Å². The van der Waals surface area contributed by atoms with Gasteiger partial charge in [0.2, 0.25) is 6.29 Å². The first-order valence-corrected chi connectivity index (χ1v) is 12.4. The van der Waals surface area contributed by atoms with Gasteiger partial charge in [-0.25, -0.2) is 0 Å². The minimum absolute atomic E-state index is 0.155. The number of rotatable bonds is 11. The quantitative estimate of drug-likeness (QED) is 0.229. The maximum atomic E-state index is 11.8. The molecule has 0 aromatic rings. The van der Waals surface area contributed by atoms with Crippen molar-refractivity contribution in [1.82, 2.24) is 0 Å². The molecule has 0 bridgehead atoms. The number of esters is 4. The average molecular weight is 500 g/mol. The van der Waals surface area contributed by atoms with Crippen molar-refractivity contribution in [2.24, 2.45) is 0 Å². The van der Waals surface area contributed by atoms with E-state index >= 15 is 0 Å². The third kappa shape index (κ3) is 9.08. The molecule has 1 saturated heterocycles. The lowest BCUT2D eigenvalue weighted by molar-refractivity contribution is -0.290. The van der Waals surface area contributed by atoms with E-state index in [0.717, 1.165) is 20.8 Å². The highest BCUT2D eigenvalue weighted by Gasteiger charge is 2.54. The predicted octanol–water partition coefficient (Wildman–Crippen LogP) is 1.38. The Morgan fingerprint density at radius 3 is 1.69 bits per heavy atom. The van der Waals surface area contributed by atoms with Gasteiger partial charge in [-0.3, -0.25) is 23.7 Å². The van der Waals surface area contributed by atoms with Crippen molar-refractivity contribution in [3.05, 3.63) is 0 Å². The van der Waals surface area contributed by atoms with Crippen LogP contribution in [0, 0.1) is 0 Å². The number of carbonyl (C=O) groups is 4. The summed E-state index contributed by atoms with van der Waals surface area (Å²) in [7, 11) is 0. The van der Waals surface area contributed by atoms with Crippen molar-refractivity contribution in [3.8, 4) is 0 Å². The number of hydrogen-bond acceptors (Lipinski definition) is 13. The monoisotopic (exact) mass is 500 g/mol. The minimum atomic E-state index is -3.38. The molecule has 1 heterocycles. The fourth-order valence-electron chi connectivity index (χ4n) is 2.82. The molecule has 184 valence electrons. The zero-order valence-corrected chi connectivity index (χ0v) is 20.5. The molecule has 0 amide bonds. The van der Waals surface area contributed by atoms with E-state index in [1.54, 1.807) is 13.8 Å². The summed E-state index contributed by atoms with van der Waals surface area (Å²) >= 11 is 5.36. The van der Waals surface area contributed by atoms with E-state index in [4.69, 9.17) is 49.1 Å². The van der Waals surface area contributed by atoms with E-state index in [1.165, 1.54) is 6.92 Å². The number of hydrogen-bond donors (Lipinski definition) is 0. The van der Waals surface area contributed by atoms with Gasteiger partial charge in [0.05, 0.1) is 13.2 Å². The smallest absolute Gasteiger partial charge is 0.329 e. The molecule has 0 aliphatic carbocycles. The van der Waals surface area contributed by atoms with Gasteiger partial charge in [0, 0.05) is 27.7 Å². The van der Waals surface area contributed by atoms with Gasteiger partial charge in [0.25, 0.3) is 0 Å². The first kappa shape index (κ1) is 28.4. The van der Waals surface area contributed by atoms with E-state index < -0.39 is 61.3 Å². The molecule has 32 heavy (non-hydrogen) atoms. The molecule has 12 nitrogen and oxygen atoms in total. The maximum absolute atomic E-state index is 11.8. The zero-order chi connectivity index (χ0) is 24.5. The van der Waals surface area contributed by atoms with Gasteiger partial charge in [-0.15, -0.1) is 0 Å². The van der Waals surface area contributed by atoms with Crippen molar-refractivity contribution >= 4 is 42.4 Å². The summed E-state index contributed by atoms with van der Waals surface area (Å²) in [6.45, 7) is 4.44. The Bertz CT molecular complexity index is 719. The highest BCUT2D eigenvalue weighted by atomic mass is 32.5. The molecule has 1 rings (SSSR count). The molecule has 14 heteroatoms. The van der Waals surface area contributed by atoms with E-state index in [9.17, 15) is 19.2 Å². The van der Waals surface area contributed by atoms with Gasteiger partial charge in [0.15, 0.2) is 18.3 Å². The Morgan fingerprint density at radius 2 is 1.25 bits per heavy atom. The third-order valence-electron chi connectivity index (χ3n) is 3.76. The Morgan fingerprint density at radius 1 is 0.781 bits per heavy atom. The Balaban J connectivity index is 3.43. The predicted molar refractivity (Wildman–Crippen MR) is 111 cm³/mol. The molecule has 0 unspecified atom stereocenters. The Kier molecular flexibility index (Phi) is 11.7. The largest absolute Gasteiger partial charge is 0.463 e. The van der Waals surface area contributed by atoms with Crippen molar-refractivity contribution in [3.63, 3.8) is 0 Å². The molecule has 0 aromatic heterocycles. The lowest BCUT2D eigenvalue weighted by atomic mass is 9.98. The average Bonchev–Trinajstić information content (AvgIpc) is 2.64. The number of carbonyl (C=O) groups excluding carboxylic acids is 4. The van der Waals surface area contributed by atoms with Crippen LogP contribution in [0.3, 0.4) is 0 Å². The van der Waals surface area contributed by atoms with Gasteiger partial charge < -0.3 is 32.7 Å². The van der Waals surface area contributed by atoms with Crippen molar-refractivity contribution in [1.29, 1.82) is 0 Å². The van der Waals surface area contributed by atoms with E-state index in [0.29, 0.717) is 0 Å². The summed E-state index contributed by atoms with van der Waals surface area (Å²) in [5.74, 6) is -2.89. The minimum Gasteiger partial charge on any atom is -0.463 e. The van der Waals surface area contributed by atoms with Crippen molar-refractivity contribution in [2.45, 2.75) is 72.2 Å². The fourth-order valence-corrected chi connectivity index (χ4v) is 4.95. The second-order valence-corrected chi connectivity index (χ2v) is 9.42. The summed E-state index contributed by atoms with van der Waals surface area (Å²) in [6, 6.07) is 0. The Hall–Kier alpha value is -1.63. The summed E-state index contributed by atoms with van der Waals surface area (Å²) < 4.78 is 43.4. The SMILES string of the molecule is CCOP(=S)(OCC)O[C@@H]1O[C@H](COC(C)=O)[C@@H](OC(C)=O)[C@H](OC(C)=O)[C@H]1OC(C)=O. The molecule has 1 aliphatic heterocycles. The van der Waals surface area contributed by atoms with Crippen LogP contribution in [0.15, 0.2) is 0 Å². The van der Waals surface area contributed by atoms with Crippen LogP contribution >= 0.6 is 6.72 Å². The zero-order valence-electron chi connectivity index (χ0n) is 18.8. The first-order valence-electron chi connectivity index (χ1n) is 9.80. The molecule has 1 fully saturated rings. The summed E-state index contributed by atoms with van der Waals surface area (Å²) in [4.78, 5) is 46.7. The van der Waals surface area contributed by atoms with Crippen LogP contribution in [-0.2, 0) is 68.2 Å². The number of ether oxygens (including phenoxy) is 5. The molecule has 5 atom stereocenters. The maximum Gasteiger partial charge on any atom is 0.329 e. The van der Waals surface area contributed by atoms with Crippen LogP contribution < -0.4 is 0 Å². The molecule has 1 aliphatic rings. The van der Waals surface area contributed by atoms with Crippen LogP contribution in [0.2, 0.25) is 0 Å². The van der Waals surface area contributed by atoms with Crippen LogP contribution in [0.4, 0.5) is 0 Å². The molecular formula is C18H29O12PS.